The fraction of sp³-hybridized carbons (Fsp3) is 0.750. The number of amides is 1. The van der Waals surface area contributed by atoms with E-state index in [1.54, 1.807) is 20.8 Å². The summed E-state index contributed by atoms with van der Waals surface area (Å²) in [5, 5.41) is 11.0. The van der Waals surface area contributed by atoms with Crippen LogP contribution in [0.15, 0.2) is 0 Å². The predicted octanol–water partition coefficient (Wildman–Crippen LogP) is -0.116. The van der Waals surface area contributed by atoms with Crippen LogP contribution in [0.1, 0.15) is 33.6 Å². The number of carbonyl (C=O) groups excluding carboxylic acids is 2. The number of hydrogen-bond acceptors (Lipinski definition) is 5. The normalized spacial score (nSPS) is 12.6. The van der Waals surface area contributed by atoms with Crippen LogP contribution in [-0.4, -0.2) is 42.1 Å². The standard InChI is InChI=1S/C12H22N2O5/c1-12(2,3)10(11(18)19-7-9(16)17)14-8(15)5-4-6-13/h10H,4-7,13H2,1-3H3,(H,14,15)(H,16,17)/t10-/m1/s1. The number of carboxylic acids is 1. The minimum absolute atomic E-state index is 0.218. The van der Waals surface area contributed by atoms with Crippen molar-refractivity contribution in [1.29, 1.82) is 0 Å². The van der Waals surface area contributed by atoms with Crippen molar-refractivity contribution in [2.45, 2.75) is 39.7 Å². The molecule has 0 aromatic rings. The molecule has 19 heavy (non-hydrogen) atoms. The van der Waals surface area contributed by atoms with Crippen LogP contribution in [0.5, 0.6) is 0 Å². The summed E-state index contributed by atoms with van der Waals surface area (Å²) in [7, 11) is 0. The molecule has 0 spiro atoms. The molecule has 0 aromatic heterocycles. The lowest BCUT2D eigenvalue weighted by Crippen LogP contribution is -2.50. The van der Waals surface area contributed by atoms with E-state index in [9.17, 15) is 14.4 Å². The number of nitrogens with one attached hydrogen (secondary N) is 1. The molecule has 0 heterocycles. The number of carboxylic acid groups (broad SMARTS) is 1. The third kappa shape index (κ3) is 7.40. The average Bonchev–Trinajstić information content (AvgIpc) is 2.28. The van der Waals surface area contributed by atoms with E-state index in [0.717, 1.165) is 0 Å². The first-order chi connectivity index (χ1) is 8.68. The largest absolute Gasteiger partial charge is 0.479 e. The fourth-order valence-electron chi connectivity index (χ4n) is 1.34. The lowest BCUT2D eigenvalue weighted by Gasteiger charge is -2.29. The summed E-state index contributed by atoms with van der Waals surface area (Å²) in [5.41, 5.74) is 4.72. The van der Waals surface area contributed by atoms with Gasteiger partial charge in [-0.1, -0.05) is 20.8 Å². The van der Waals surface area contributed by atoms with Gasteiger partial charge in [-0.2, -0.15) is 0 Å². The van der Waals surface area contributed by atoms with Crippen LogP contribution in [0.25, 0.3) is 0 Å². The third-order valence-corrected chi connectivity index (χ3v) is 2.35. The number of rotatable bonds is 7. The summed E-state index contributed by atoms with van der Waals surface area (Å²) in [6.07, 6.45) is 0.738. The molecule has 0 aliphatic rings. The van der Waals surface area contributed by atoms with E-state index < -0.39 is 30.0 Å². The molecular weight excluding hydrogens is 252 g/mol. The lowest BCUT2D eigenvalue weighted by molar-refractivity contribution is -0.159. The van der Waals surface area contributed by atoms with Crippen LogP contribution in [0.4, 0.5) is 0 Å². The molecular formula is C12H22N2O5. The molecule has 0 fully saturated rings. The van der Waals surface area contributed by atoms with E-state index >= 15 is 0 Å². The molecule has 0 bridgehead atoms. The lowest BCUT2D eigenvalue weighted by atomic mass is 9.86. The number of carbonyl (C=O) groups is 3. The first kappa shape index (κ1) is 17.4. The van der Waals surface area contributed by atoms with E-state index in [-0.39, 0.29) is 12.3 Å². The monoisotopic (exact) mass is 274 g/mol. The maximum Gasteiger partial charge on any atom is 0.341 e. The average molecular weight is 274 g/mol. The van der Waals surface area contributed by atoms with Gasteiger partial charge in [0.1, 0.15) is 6.04 Å². The number of ether oxygens (including phenoxy) is 1. The smallest absolute Gasteiger partial charge is 0.341 e. The second-order valence-corrected chi connectivity index (χ2v) is 5.26. The molecule has 1 atom stereocenters. The quantitative estimate of drug-likeness (QED) is 0.557. The van der Waals surface area contributed by atoms with Gasteiger partial charge in [-0.25, -0.2) is 9.59 Å². The Kier molecular flexibility index (Phi) is 7.06. The number of hydrogen-bond donors (Lipinski definition) is 3. The second-order valence-electron chi connectivity index (χ2n) is 5.26. The summed E-state index contributed by atoms with van der Waals surface area (Å²) in [6, 6.07) is -0.892. The van der Waals surface area contributed by atoms with Gasteiger partial charge < -0.3 is 20.9 Å². The molecule has 110 valence electrons. The van der Waals surface area contributed by atoms with Crippen LogP contribution in [0.3, 0.4) is 0 Å². The molecule has 0 aliphatic heterocycles. The minimum atomic E-state index is -1.24. The van der Waals surface area contributed by atoms with Crippen molar-refractivity contribution >= 4 is 17.8 Å². The topological polar surface area (TPSA) is 119 Å². The summed E-state index contributed by atoms with van der Waals surface area (Å²) < 4.78 is 4.62. The summed E-state index contributed by atoms with van der Waals surface area (Å²) in [5.74, 6) is -2.30. The third-order valence-electron chi connectivity index (χ3n) is 2.35. The zero-order valence-electron chi connectivity index (χ0n) is 11.6. The Morgan fingerprint density at radius 2 is 1.89 bits per heavy atom. The highest BCUT2D eigenvalue weighted by atomic mass is 16.6. The van der Waals surface area contributed by atoms with E-state index in [1.807, 2.05) is 0 Å². The Hall–Kier alpha value is -1.63. The maximum absolute atomic E-state index is 11.8. The summed E-state index contributed by atoms with van der Waals surface area (Å²) in [6.45, 7) is 4.93. The van der Waals surface area contributed by atoms with Crippen LogP contribution in [0, 0.1) is 5.41 Å². The predicted molar refractivity (Wildman–Crippen MR) is 68.3 cm³/mol. The van der Waals surface area contributed by atoms with Crippen molar-refractivity contribution in [3.05, 3.63) is 0 Å². The highest BCUT2D eigenvalue weighted by Crippen LogP contribution is 2.20. The van der Waals surface area contributed by atoms with E-state index in [0.29, 0.717) is 13.0 Å². The van der Waals surface area contributed by atoms with Crippen molar-refractivity contribution in [1.82, 2.24) is 5.32 Å². The summed E-state index contributed by atoms with van der Waals surface area (Å²) in [4.78, 5) is 33.8. The Morgan fingerprint density at radius 1 is 1.32 bits per heavy atom. The van der Waals surface area contributed by atoms with Crippen molar-refractivity contribution in [3.63, 3.8) is 0 Å². The van der Waals surface area contributed by atoms with Gasteiger partial charge in [0.15, 0.2) is 6.61 Å². The molecule has 4 N–H and O–H groups in total. The molecule has 0 aromatic carbocycles. The SMILES string of the molecule is CC(C)(C)[C@H](NC(=O)CCCN)C(=O)OCC(=O)O. The van der Waals surface area contributed by atoms with Gasteiger partial charge in [0.2, 0.25) is 5.91 Å². The molecule has 7 heteroatoms. The molecule has 7 nitrogen and oxygen atoms in total. The molecule has 0 aliphatic carbocycles. The van der Waals surface area contributed by atoms with E-state index in [1.165, 1.54) is 0 Å². The molecule has 0 saturated carbocycles. The molecule has 0 rings (SSSR count). The minimum Gasteiger partial charge on any atom is -0.479 e. The van der Waals surface area contributed by atoms with Crippen LogP contribution >= 0.6 is 0 Å². The Bertz CT molecular complexity index is 336. The van der Waals surface area contributed by atoms with Gasteiger partial charge in [-0.15, -0.1) is 0 Å². The van der Waals surface area contributed by atoms with Gasteiger partial charge in [0.25, 0.3) is 0 Å². The second kappa shape index (κ2) is 7.73. The Balaban J connectivity index is 4.60. The van der Waals surface area contributed by atoms with Crippen LogP contribution in [0.2, 0.25) is 0 Å². The highest BCUT2D eigenvalue weighted by Gasteiger charge is 2.34. The number of nitrogens with two attached hydrogens (primary N) is 1. The highest BCUT2D eigenvalue weighted by molar-refractivity contribution is 5.86. The Morgan fingerprint density at radius 3 is 2.32 bits per heavy atom. The first-order valence-corrected chi connectivity index (χ1v) is 6.06. The van der Waals surface area contributed by atoms with Gasteiger partial charge in [-0.3, -0.25) is 4.79 Å². The zero-order valence-corrected chi connectivity index (χ0v) is 11.6. The van der Waals surface area contributed by atoms with Crippen molar-refractivity contribution < 1.29 is 24.2 Å². The molecule has 0 radical (unpaired) electrons. The Labute approximate surface area is 112 Å². The fourth-order valence-corrected chi connectivity index (χ4v) is 1.34. The number of esters is 1. The molecule has 1 amide bonds. The van der Waals surface area contributed by atoms with E-state index in [4.69, 9.17) is 10.8 Å². The van der Waals surface area contributed by atoms with Gasteiger partial charge >= 0.3 is 11.9 Å². The first-order valence-electron chi connectivity index (χ1n) is 6.06. The van der Waals surface area contributed by atoms with Gasteiger partial charge in [0, 0.05) is 6.42 Å². The van der Waals surface area contributed by atoms with Crippen molar-refractivity contribution in [2.24, 2.45) is 11.1 Å². The van der Waals surface area contributed by atoms with E-state index in [2.05, 4.69) is 10.1 Å². The van der Waals surface area contributed by atoms with Crippen molar-refractivity contribution in [3.8, 4) is 0 Å². The maximum atomic E-state index is 11.8. The molecule has 0 saturated heterocycles. The summed E-state index contributed by atoms with van der Waals surface area (Å²) >= 11 is 0. The molecule has 0 unspecified atom stereocenters. The van der Waals surface area contributed by atoms with Gasteiger partial charge in [-0.05, 0) is 18.4 Å². The number of aliphatic carboxylic acids is 1. The van der Waals surface area contributed by atoms with Crippen molar-refractivity contribution in [2.75, 3.05) is 13.2 Å². The van der Waals surface area contributed by atoms with Crippen LogP contribution < -0.4 is 11.1 Å². The zero-order chi connectivity index (χ0) is 15.1. The van der Waals surface area contributed by atoms with Crippen LogP contribution in [-0.2, 0) is 19.1 Å². The van der Waals surface area contributed by atoms with Gasteiger partial charge in [0.05, 0.1) is 0 Å².